The van der Waals surface area contributed by atoms with Crippen LogP contribution in [0.3, 0.4) is 0 Å². The van der Waals surface area contributed by atoms with Crippen molar-refractivity contribution in [2.75, 3.05) is 49.1 Å². The van der Waals surface area contributed by atoms with Gasteiger partial charge in [-0.3, -0.25) is 4.79 Å². The van der Waals surface area contributed by atoms with E-state index in [1.54, 1.807) is 0 Å². The zero-order valence-corrected chi connectivity index (χ0v) is 17.9. The molecule has 6 nitrogen and oxygen atoms in total. The summed E-state index contributed by atoms with van der Waals surface area (Å²) in [5.74, 6) is 1.91. The second-order valence-corrected chi connectivity index (χ2v) is 8.42. The number of rotatable bonds is 3. The van der Waals surface area contributed by atoms with Gasteiger partial charge in [0, 0.05) is 61.1 Å². The molecule has 1 aromatic carbocycles. The summed E-state index contributed by atoms with van der Waals surface area (Å²) >= 11 is 3.44. The molecule has 2 aliphatic heterocycles. The molecule has 4 rings (SSSR count). The van der Waals surface area contributed by atoms with E-state index in [0.29, 0.717) is 13.1 Å². The van der Waals surface area contributed by atoms with Crippen LogP contribution in [0.15, 0.2) is 34.8 Å². The maximum Gasteiger partial charge on any atom is 0.254 e. The number of aromatic nitrogens is 2. The fourth-order valence-corrected chi connectivity index (χ4v) is 4.28. The molecule has 0 N–H and O–H groups in total. The summed E-state index contributed by atoms with van der Waals surface area (Å²) in [5, 5.41) is 0. The van der Waals surface area contributed by atoms with Crippen LogP contribution in [0.1, 0.15) is 35.3 Å². The van der Waals surface area contributed by atoms with Crippen LogP contribution in [0.5, 0.6) is 0 Å². The van der Waals surface area contributed by atoms with Crippen molar-refractivity contribution in [3.63, 3.8) is 0 Å². The molecule has 28 heavy (non-hydrogen) atoms. The lowest BCUT2D eigenvalue weighted by Crippen LogP contribution is -2.49. The summed E-state index contributed by atoms with van der Waals surface area (Å²) in [6, 6.07) is 9.67. The van der Waals surface area contributed by atoms with E-state index in [1.807, 2.05) is 36.1 Å². The van der Waals surface area contributed by atoms with Crippen LogP contribution < -0.4 is 9.80 Å². The van der Waals surface area contributed by atoms with Crippen molar-refractivity contribution in [1.29, 1.82) is 0 Å². The summed E-state index contributed by atoms with van der Waals surface area (Å²) in [4.78, 5) is 28.8. The Labute approximate surface area is 174 Å². The van der Waals surface area contributed by atoms with Crippen LogP contribution >= 0.6 is 15.9 Å². The van der Waals surface area contributed by atoms with Crippen molar-refractivity contribution in [2.24, 2.45) is 0 Å². The first-order chi connectivity index (χ1) is 13.6. The van der Waals surface area contributed by atoms with E-state index >= 15 is 0 Å². The number of carbonyl (C=O) groups is 1. The van der Waals surface area contributed by atoms with Crippen molar-refractivity contribution < 1.29 is 4.79 Å². The van der Waals surface area contributed by atoms with Crippen molar-refractivity contribution in [3.05, 3.63) is 46.1 Å². The number of aryl methyl sites for hydroxylation is 1. The van der Waals surface area contributed by atoms with E-state index < -0.39 is 0 Å². The Morgan fingerprint density at radius 2 is 1.68 bits per heavy atom. The number of benzene rings is 1. The zero-order chi connectivity index (χ0) is 19.5. The maximum atomic E-state index is 12.8. The number of piperazine rings is 1. The number of amides is 1. The zero-order valence-electron chi connectivity index (χ0n) is 16.3. The first-order valence-corrected chi connectivity index (χ1v) is 10.8. The summed E-state index contributed by atoms with van der Waals surface area (Å²) in [5.41, 5.74) is 1.72. The molecule has 2 aliphatic rings. The van der Waals surface area contributed by atoms with E-state index in [-0.39, 0.29) is 5.91 Å². The van der Waals surface area contributed by atoms with Crippen molar-refractivity contribution in [3.8, 4) is 0 Å². The Hall–Kier alpha value is -2.15. The van der Waals surface area contributed by atoms with E-state index in [2.05, 4.69) is 36.8 Å². The predicted molar refractivity (Wildman–Crippen MR) is 115 cm³/mol. The highest BCUT2D eigenvalue weighted by molar-refractivity contribution is 9.10. The van der Waals surface area contributed by atoms with Gasteiger partial charge in [-0.1, -0.05) is 22.0 Å². The number of carbonyl (C=O) groups excluding carboxylic acids is 1. The summed E-state index contributed by atoms with van der Waals surface area (Å²) < 4.78 is 0.926. The second kappa shape index (κ2) is 8.47. The molecule has 2 fully saturated rings. The molecule has 2 aromatic rings. The number of halogens is 1. The maximum absolute atomic E-state index is 12.8. The molecule has 1 aromatic heterocycles. The van der Waals surface area contributed by atoms with Crippen LogP contribution in [0.25, 0.3) is 0 Å². The third kappa shape index (κ3) is 4.29. The van der Waals surface area contributed by atoms with Crippen LogP contribution in [-0.2, 0) is 0 Å². The second-order valence-electron chi connectivity index (χ2n) is 7.50. The number of hydrogen-bond donors (Lipinski definition) is 0. The van der Waals surface area contributed by atoms with Crippen molar-refractivity contribution in [1.82, 2.24) is 14.9 Å². The monoisotopic (exact) mass is 443 g/mol. The standard InChI is InChI=1S/C21H26BrN5O/c1-16-14-19(25-8-3-2-4-9-25)24-21(23-16)27-12-10-26(11-13-27)20(28)17-6-5-7-18(22)15-17/h5-7,14-15H,2-4,8-13H2,1H3. The molecule has 0 saturated carbocycles. The smallest absolute Gasteiger partial charge is 0.254 e. The normalized spacial score (nSPS) is 17.7. The van der Waals surface area contributed by atoms with Crippen molar-refractivity contribution in [2.45, 2.75) is 26.2 Å². The summed E-state index contributed by atoms with van der Waals surface area (Å²) in [7, 11) is 0. The average molecular weight is 444 g/mol. The summed E-state index contributed by atoms with van der Waals surface area (Å²) in [6.45, 7) is 7.05. The fraction of sp³-hybridized carbons (Fsp3) is 0.476. The van der Waals surface area contributed by atoms with Crippen LogP contribution in [0.2, 0.25) is 0 Å². The highest BCUT2D eigenvalue weighted by Crippen LogP contribution is 2.22. The molecule has 148 valence electrons. The van der Waals surface area contributed by atoms with Gasteiger partial charge in [0.1, 0.15) is 5.82 Å². The minimum Gasteiger partial charge on any atom is -0.356 e. The molecular formula is C21H26BrN5O. The van der Waals surface area contributed by atoms with Gasteiger partial charge >= 0.3 is 0 Å². The topological polar surface area (TPSA) is 52.6 Å². The van der Waals surface area contributed by atoms with Gasteiger partial charge in [-0.15, -0.1) is 0 Å². The molecular weight excluding hydrogens is 418 g/mol. The van der Waals surface area contributed by atoms with Gasteiger partial charge in [0.2, 0.25) is 5.95 Å². The van der Waals surface area contributed by atoms with Crippen molar-refractivity contribution >= 4 is 33.6 Å². The van der Waals surface area contributed by atoms with Gasteiger partial charge in [-0.05, 0) is 44.4 Å². The van der Waals surface area contributed by atoms with Crippen LogP contribution in [-0.4, -0.2) is 60.0 Å². The van der Waals surface area contributed by atoms with Gasteiger partial charge in [0.05, 0.1) is 0 Å². The Morgan fingerprint density at radius 3 is 2.39 bits per heavy atom. The van der Waals surface area contributed by atoms with E-state index in [1.165, 1.54) is 19.3 Å². The highest BCUT2D eigenvalue weighted by Gasteiger charge is 2.24. The fourth-order valence-electron chi connectivity index (χ4n) is 3.88. The average Bonchev–Trinajstić information content (AvgIpc) is 2.73. The Bertz CT molecular complexity index is 844. The number of hydrogen-bond acceptors (Lipinski definition) is 5. The number of anilines is 2. The molecule has 2 saturated heterocycles. The number of nitrogens with zero attached hydrogens (tertiary/aromatic N) is 5. The Kier molecular flexibility index (Phi) is 5.80. The first-order valence-electron chi connectivity index (χ1n) is 10.0. The van der Waals surface area contributed by atoms with Gasteiger partial charge in [0.25, 0.3) is 5.91 Å². The number of piperidine rings is 1. The lowest BCUT2D eigenvalue weighted by atomic mass is 10.1. The third-order valence-corrected chi connectivity index (χ3v) is 5.92. The highest BCUT2D eigenvalue weighted by atomic mass is 79.9. The van der Waals surface area contributed by atoms with E-state index in [0.717, 1.165) is 53.7 Å². The predicted octanol–water partition coefficient (Wildman–Crippen LogP) is 3.50. The largest absolute Gasteiger partial charge is 0.356 e. The lowest BCUT2D eigenvalue weighted by molar-refractivity contribution is 0.0746. The Morgan fingerprint density at radius 1 is 0.929 bits per heavy atom. The van der Waals surface area contributed by atoms with Gasteiger partial charge in [-0.2, -0.15) is 4.98 Å². The van der Waals surface area contributed by atoms with Gasteiger partial charge in [0.15, 0.2) is 0 Å². The third-order valence-electron chi connectivity index (χ3n) is 5.43. The van der Waals surface area contributed by atoms with Crippen LogP contribution in [0, 0.1) is 6.92 Å². The summed E-state index contributed by atoms with van der Waals surface area (Å²) in [6.07, 6.45) is 3.77. The minimum atomic E-state index is 0.0834. The lowest BCUT2D eigenvalue weighted by Gasteiger charge is -2.35. The van der Waals surface area contributed by atoms with E-state index in [4.69, 9.17) is 4.98 Å². The SMILES string of the molecule is Cc1cc(N2CCCCC2)nc(N2CCN(C(=O)c3cccc(Br)c3)CC2)n1. The quantitative estimate of drug-likeness (QED) is 0.726. The molecule has 0 radical (unpaired) electrons. The molecule has 7 heteroatoms. The Balaban J connectivity index is 1.43. The van der Waals surface area contributed by atoms with E-state index in [9.17, 15) is 4.79 Å². The molecule has 3 heterocycles. The molecule has 0 bridgehead atoms. The van der Waals surface area contributed by atoms with Gasteiger partial charge < -0.3 is 14.7 Å². The minimum absolute atomic E-state index is 0.0834. The molecule has 0 spiro atoms. The molecule has 0 unspecified atom stereocenters. The first kappa shape index (κ1) is 19.2. The van der Waals surface area contributed by atoms with Gasteiger partial charge in [-0.25, -0.2) is 4.98 Å². The molecule has 1 amide bonds. The van der Waals surface area contributed by atoms with Crippen LogP contribution in [0.4, 0.5) is 11.8 Å². The molecule has 0 atom stereocenters. The molecule has 0 aliphatic carbocycles.